The molecule has 0 aromatic carbocycles. The topological polar surface area (TPSA) is 19.4 Å². The highest BCUT2D eigenvalue weighted by Gasteiger charge is 2.27. The maximum Gasteiger partial charge on any atom is 0.128 e. The molecule has 2 aliphatic rings. The summed E-state index contributed by atoms with van der Waals surface area (Å²) in [4.78, 5) is 9.88. The predicted octanol–water partition coefficient (Wildman–Crippen LogP) is 3.93. The number of likely N-dealkylation sites (tertiary alicyclic amines) is 1. The molecule has 1 atom stereocenters. The summed E-state index contributed by atoms with van der Waals surface area (Å²) < 4.78 is 0. The second kappa shape index (κ2) is 6.78. The highest BCUT2D eigenvalue weighted by molar-refractivity contribution is 5.45. The zero-order chi connectivity index (χ0) is 14.7. The molecule has 2 fully saturated rings. The molecule has 1 aromatic rings. The highest BCUT2D eigenvalue weighted by atomic mass is 15.2. The summed E-state index contributed by atoms with van der Waals surface area (Å²) in [5.41, 5.74) is 2.90. The summed E-state index contributed by atoms with van der Waals surface area (Å²) in [6.07, 6.45) is 10.0. The summed E-state index contributed by atoms with van der Waals surface area (Å²) >= 11 is 0. The fourth-order valence-electron chi connectivity index (χ4n) is 3.83. The lowest BCUT2D eigenvalue weighted by atomic mass is 10.0. The second-order valence-corrected chi connectivity index (χ2v) is 6.64. The second-order valence-electron chi connectivity index (χ2n) is 6.64. The van der Waals surface area contributed by atoms with E-state index in [2.05, 4.69) is 35.9 Å². The number of aromatic nitrogens is 1. The Bertz CT molecular complexity index is 466. The van der Waals surface area contributed by atoms with Gasteiger partial charge in [-0.3, -0.25) is 4.90 Å². The van der Waals surface area contributed by atoms with Gasteiger partial charge in [-0.25, -0.2) is 4.98 Å². The lowest BCUT2D eigenvalue weighted by molar-refractivity contribution is 0.252. The number of aryl methyl sites for hydroxylation is 1. The van der Waals surface area contributed by atoms with Crippen LogP contribution in [0.2, 0.25) is 0 Å². The lowest BCUT2D eigenvalue weighted by Crippen LogP contribution is -2.25. The van der Waals surface area contributed by atoms with Crippen LogP contribution in [0.25, 0.3) is 0 Å². The van der Waals surface area contributed by atoms with E-state index in [0.717, 1.165) is 0 Å². The lowest BCUT2D eigenvalue weighted by Gasteiger charge is -2.26. The van der Waals surface area contributed by atoms with Gasteiger partial charge in [0.25, 0.3) is 0 Å². The Kier molecular flexibility index (Phi) is 4.79. The van der Waals surface area contributed by atoms with Crippen LogP contribution in [0.4, 0.5) is 5.82 Å². The van der Waals surface area contributed by atoms with Crippen LogP contribution >= 0.6 is 0 Å². The number of rotatable bonds is 5. The standard InChI is InChI=1S/C18H29N3/c1-3-4-9-20-12-7-8-17(20)16-14-19-18(13-15(16)2)21-10-5-6-11-21/h13-14,17H,3-12H2,1-2H3. The van der Waals surface area contributed by atoms with Gasteiger partial charge in [0.15, 0.2) is 0 Å². The molecule has 1 unspecified atom stereocenters. The van der Waals surface area contributed by atoms with E-state index >= 15 is 0 Å². The molecule has 0 bridgehead atoms. The van der Waals surface area contributed by atoms with Crippen molar-refractivity contribution in [3.05, 3.63) is 23.4 Å². The molecular weight excluding hydrogens is 258 g/mol. The van der Waals surface area contributed by atoms with Crippen molar-refractivity contribution in [2.75, 3.05) is 31.1 Å². The van der Waals surface area contributed by atoms with Crippen molar-refractivity contribution in [2.24, 2.45) is 0 Å². The first-order valence-corrected chi connectivity index (χ1v) is 8.75. The van der Waals surface area contributed by atoms with Gasteiger partial charge in [0.1, 0.15) is 5.82 Å². The zero-order valence-electron chi connectivity index (χ0n) is 13.6. The fraction of sp³-hybridized carbons (Fsp3) is 0.722. The van der Waals surface area contributed by atoms with E-state index in [1.807, 2.05) is 0 Å². The minimum absolute atomic E-state index is 0.608. The SMILES string of the molecule is CCCCN1CCCC1c1cnc(N2CCCC2)cc1C. The molecule has 1 aromatic heterocycles. The van der Waals surface area contributed by atoms with Crippen LogP contribution in [-0.4, -0.2) is 36.1 Å². The monoisotopic (exact) mass is 287 g/mol. The summed E-state index contributed by atoms with van der Waals surface area (Å²) in [7, 11) is 0. The van der Waals surface area contributed by atoms with Gasteiger partial charge in [0.2, 0.25) is 0 Å². The maximum atomic E-state index is 4.78. The van der Waals surface area contributed by atoms with E-state index in [0.29, 0.717) is 6.04 Å². The minimum atomic E-state index is 0.608. The van der Waals surface area contributed by atoms with Crippen LogP contribution in [0.1, 0.15) is 62.6 Å². The Morgan fingerprint density at radius 1 is 1.19 bits per heavy atom. The normalized spacial score (nSPS) is 23.1. The van der Waals surface area contributed by atoms with Crippen LogP contribution in [0.3, 0.4) is 0 Å². The Morgan fingerprint density at radius 3 is 2.71 bits per heavy atom. The van der Waals surface area contributed by atoms with E-state index in [1.54, 1.807) is 0 Å². The maximum absolute atomic E-state index is 4.78. The Hall–Kier alpha value is -1.09. The predicted molar refractivity (Wildman–Crippen MR) is 88.9 cm³/mol. The summed E-state index contributed by atoms with van der Waals surface area (Å²) in [5.74, 6) is 1.19. The molecule has 0 spiro atoms. The van der Waals surface area contributed by atoms with E-state index in [9.17, 15) is 0 Å². The molecule has 0 radical (unpaired) electrons. The van der Waals surface area contributed by atoms with Gasteiger partial charge in [-0.15, -0.1) is 0 Å². The van der Waals surface area contributed by atoms with E-state index < -0.39 is 0 Å². The third kappa shape index (κ3) is 3.23. The Balaban J connectivity index is 1.75. The average Bonchev–Trinajstić information content (AvgIpc) is 3.16. The molecule has 116 valence electrons. The number of anilines is 1. The third-order valence-electron chi connectivity index (χ3n) is 5.09. The number of nitrogens with zero attached hydrogens (tertiary/aromatic N) is 3. The van der Waals surface area contributed by atoms with Gasteiger partial charge < -0.3 is 4.90 Å². The summed E-state index contributed by atoms with van der Waals surface area (Å²) in [6.45, 7) is 9.41. The molecule has 0 N–H and O–H groups in total. The Labute approximate surface area is 129 Å². The molecule has 0 aliphatic carbocycles. The van der Waals surface area contributed by atoms with Crippen molar-refractivity contribution < 1.29 is 0 Å². The van der Waals surface area contributed by atoms with Gasteiger partial charge >= 0.3 is 0 Å². The van der Waals surface area contributed by atoms with Crippen molar-refractivity contribution >= 4 is 5.82 Å². The van der Waals surface area contributed by atoms with Gasteiger partial charge in [0.05, 0.1) is 0 Å². The largest absolute Gasteiger partial charge is 0.357 e. The van der Waals surface area contributed by atoms with Crippen LogP contribution < -0.4 is 4.90 Å². The smallest absolute Gasteiger partial charge is 0.128 e. The van der Waals surface area contributed by atoms with Crippen LogP contribution in [0.5, 0.6) is 0 Å². The van der Waals surface area contributed by atoms with E-state index in [1.165, 1.54) is 81.6 Å². The summed E-state index contributed by atoms with van der Waals surface area (Å²) in [5, 5.41) is 0. The van der Waals surface area contributed by atoms with E-state index in [-0.39, 0.29) is 0 Å². The summed E-state index contributed by atoms with van der Waals surface area (Å²) in [6, 6.07) is 2.92. The molecule has 3 heterocycles. The number of unbranched alkanes of at least 4 members (excludes halogenated alkanes) is 1. The highest BCUT2D eigenvalue weighted by Crippen LogP contribution is 2.34. The van der Waals surface area contributed by atoms with Crippen LogP contribution in [0, 0.1) is 6.92 Å². The molecule has 0 saturated carbocycles. The van der Waals surface area contributed by atoms with Crippen LogP contribution in [0.15, 0.2) is 12.3 Å². The average molecular weight is 287 g/mol. The molecule has 3 rings (SSSR count). The van der Waals surface area contributed by atoms with Crippen molar-refractivity contribution in [3.63, 3.8) is 0 Å². The first-order valence-electron chi connectivity index (χ1n) is 8.75. The molecule has 3 nitrogen and oxygen atoms in total. The molecule has 3 heteroatoms. The van der Waals surface area contributed by atoms with Gasteiger partial charge in [-0.05, 0) is 69.3 Å². The first kappa shape index (κ1) is 14.8. The Morgan fingerprint density at radius 2 is 2.00 bits per heavy atom. The molecule has 0 amide bonds. The van der Waals surface area contributed by atoms with Crippen molar-refractivity contribution in [1.82, 2.24) is 9.88 Å². The van der Waals surface area contributed by atoms with Crippen LogP contribution in [-0.2, 0) is 0 Å². The minimum Gasteiger partial charge on any atom is -0.357 e. The molecule has 21 heavy (non-hydrogen) atoms. The number of pyridine rings is 1. The number of hydrogen-bond acceptors (Lipinski definition) is 3. The van der Waals surface area contributed by atoms with Crippen molar-refractivity contribution in [1.29, 1.82) is 0 Å². The molecular formula is C18H29N3. The number of hydrogen-bond donors (Lipinski definition) is 0. The fourth-order valence-corrected chi connectivity index (χ4v) is 3.83. The van der Waals surface area contributed by atoms with Crippen molar-refractivity contribution in [3.8, 4) is 0 Å². The zero-order valence-corrected chi connectivity index (χ0v) is 13.6. The molecule has 2 aliphatic heterocycles. The molecule has 2 saturated heterocycles. The van der Waals surface area contributed by atoms with Crippen molar-refractivity contribution in [2.45, 2.75) is 58.4 Å². The van der Waals surface area contributed by atoms with Gasteiger partial charge in [-0.2, -0.15) is 0 Å². The quantitative estimate of drug-likeness (QED) is 0.818. The third-order valence-corrected chi connectivity index (χ3v) is 5.09. The first-order chi connectivity index (χ1) is 10.3. The van der Waals surface area contributed by atoms with Gasteiger partial charge in [0, 0.05) is 25.3 Å². The van der Waals surface area contributed by atoms with Gasteiger partial charge in [-0.1, -0.05) is 13.3 Å². The van der Waals surface area contributed by atoms with E-state index in [4.69, 9.17) is 4.98 Å².